The van der Waals surface area contributed by atoms with Crippen molar-refractivity contribution in [1.82, 2.24) is 0 Å². The van der Waals surface area contributed by atoms with Gasteiger partial charge in [-0.1, -0.05) is 18.2 Å². The highest BCUT2D eigenvalue weighted by Crippen LogP contribution is 2.20. The lowest BCUT2D eigenvalue weighted by atomic mass is 10.0. The van der Waals surface area contributed by atoms with Crippen LogP contribution in [0.1, 0.15) is 18.5 Å². The number of benzene rings is 1. The number of ether oxygens (including phenoxy) is 2. The number of carbonyl (C=O) groups is 1. The lowest BCUT2D eigenvalue weighted by Gasteiger charge is -2.21. The minimum atomic E-state index is -1.01. The summed E-state index contributed by atoms with van der Waals surface area (Å²) in [5.74, 6) is -1.06. The lowest BCUT2D eigenvalue weighted by Crippen LogP contribution is -2.37. The molecule has 0 aliphatic heterocycles. The molecule has 1 rings (SSSR count). The average Bonchev–Trinajstić information content (AvgIpc) is 2.42. The predicted octanol–water partition coefficient (Wildman–Crippen LogP) is 1.99. The van der Waals surface area contributed by atoms with Gasteiger partial charge in [0, 0.05) is 12.7 Å². The third kappa shape index (κ3) is 4.92. The molecule has 0 aliphatic rings. The van der Waals surface area contributed by atoms with Crippen molar-refractivity contribution in [3.63, 3.8) is 0 Å². The Balaban J connectivity index is 0.00000154. The van der Waals surface area contributed by atoms with E-state index in [0.29, 0.717) is 7.18 Å². The van der Waals surface area contributed by atoms with E-state index >= 15 is 0 Å². The summed E-state index contributed by atoms with van der Waals surface area (Å²) in [7, 11) is 1.84. The van der Waals surface area contributed by atoms with Gasteiger partial charge in [-0.15, -0.1) is 0 Å². The van der Waals surface area contributed by atoms with Crippen LogP contribution in [0.25, 0.3) is 0 Å². The van der Waals surface area contributed by atoms with E-state index < -0.39 is 23.9 Å². The summed E-state index contributed by atoms with van der Waals surface area (Å²) >= 11 is 0. The van der Waals surface area contributed by atoms with Crippen LogP contribution >= 0.6 is 0 Å². The number of rotatable bonds is 5. The van der Waals surface area contributed by atoms with Crippen molar-refractivity contribution in [2.24, 2.45) is 5.73 Å². The zero-order valence-electron chi connectivity index (χ0n) is 11.2. The molecule has 0 amide bonds. The molecule has 108 valence electrons. The van der Waals surface area contributed by atoms with Gasteiger partial charge in [-0.25, -0.2) is 9.18 Å². The SMILES string of the molecule is CCOC(=O)C(OC)C(N)c1ccccc1F.CF. The second-order valence-corrected chi connectivity index (χ2v) is 3.46. The van der Waals surface area contributed by atoms with Crippen LogP contribution in [0.4, 0.5) is 8.78 Å². The lowest BCUT2D eigenvalue weighted by molar-refractivity contribution is -0.156. The molecule has 1 aromatic carbocycles. The molecule has 2 N–H and O–H groups in total. The Morgan fingerprint density at radius 1 is 1.37 bits per heavy atom. The van der Waals surface area contributed by atoms with Gasteiger partial charge >= 0.3 is 5.97 Å². The minimum absolute atomic E-state index is 0.225. The Kier molecular flexibility index (Phi) is 8.65. The van der Waals surface area contributed by atoms with Crippen LogP contribution in [-0.4, -0.2) is 33.0 Å². The van der Waals surface area contributed by atoms with Gasteiger partial charge in [0.05, 0.1) is 19.8 Å². The third-order valence-electron chi connectivity index (χ3n) is 2.36. The van der Waals surface area contributed by atoms with Crippen molar-refractivity contribution < 1.29 is 23.0 Å². The summed E-state index contributed by atoms with van der Waals surface area (Å²) in [6.07, 6.45) is -1.01. The first-order valence-electron chi connectivity index (χ1n) is 5.69. The number of halogens is 2. The predicted molar refractivity (Wildman–Crippen MR) is 67.8 cm³/mol. The molecule has 4 nitrogen and oxygen atoms in total. The molecule has 0 radical (unpaired) electrons. The molecule has 0 saturated carbocycles. The number of alkyl halides is 1. The van der Waals surface area contributed by atoms with E-state index in [1.54, 1.807) is 19.1 Å². The molecule has 6 heteroatoms. The van der Waals surface area contributed by atoms with Gasteiger partial charge in [0.2, 0.25) is 0 Å². The summed E-state index contributed by atoms with van der Waals surface area (Å²) in [6.45, 7) is 1.90. The summed E-state index contributed by atoms with van der Waals surface area (Å²) < 4.78 is 32.8. The fourth-order valence-corrected chi connectivity index (χ4v) is 1.52. The molecule has 0 spiro atoms. The molecule has 0 saturated heterocycles. The van der Waals surface area contributed by atoms with Crippen LogP contribution in [0.3, 0.4) is 0 Å². The standard InChI is InChI=1S/C12H16FNO3.CH3F/c1-3-17-12(15)11(16-2)10(14)8-6-4-5-7-9(8)13;1-2/h4-7,10-11H,3,14H2,1-2H3;1H3. The Morgan fingerprint density at radius 2 is 1.95 bits per heavy atom. The van der Waals surface area contributed by atoms with E-state index in [2.05, 4.69) is 0 Å². The van der Waals surface area contributed by atoms with Crippen molar-refractivity contribution in [3.05, 3.63) is 35.6 Å². The number of hydrogen-bond acceptors (Lipinski definition) is 4. The number of carbonyl (C=O) groups excluding carboxylic acids is 1. The fraction of sp³-hybridized carbons (Fsp3) is 0.462. The minimum Gasteiger partial charge on any atom is -0.464 e. The molecule has 0 aliphatic carbocycles. The second-order valence-electron chi connectivity index (χ2n) is 3.46. The average molecular weight is 275 g/mol. The van der Waals surface area contributed by atoms with E-state index in [4.69, 9.17) is 15.2 Å². The maximum atomic E-state index is 13.5. The molecular weight excluding hydrogens is 256 g/mol. The molecule has 0 aromatic heterocycles. The van der Waals surface area contributed by atoms with Gasteiger partial charge in [-0.05, 0) is 13.0 Å². The van der Waals surface area contributed by atoms with Gasteiger partial charge in [0.1, 0.15) is 5.82 Å². The van der Waals surface area contributed by atoms with Crippen molar-refractivity contribution in [2.45, 2.75) is 19.1 Å². The maximum absolute atomic E-state index is 13.5. The zero-order chi connectivity index (χ0) is 14.8. The normalized spacial score (nSPS) is 12.9. The van der Waals surface area contributed by atoms with Crippen LogP contribution in [0.5, 0.6) is 0 Å². The number of nitrogens with two attached hydrogens (primary N) is 1. The Morgan fingerprint density at radius 3 is 2.42 bits per heavy atom. The Bertz CT molecular complexity index is 388. The van der Waals surface area contributed by atoms with Crippen molar-refractivity contribution in [1.29, 1.82) is 0 Å². The van der Waals surface area contributed by atoms with Crippen LogP contribution in [0.15, 0.2) is 24.3 Å². The Labute approximate surface area is 111 Å². The topological polar surface area (TPSA) is 61.5 Å². The first kappa shape index (κ1) is 17.5. The molecular formula is C13H19F2NO3. The summed E-state index contributed by atoms with van der Waals surface area (Å²) in [5, 5.41) is 0. The maximum Gasteiger partial charge on any atom is 0.337 e. The highest BCUT2D eigenvalue weighted by Gasteiger charge is 2.29. The fourth-order valence-electron chi connectivity index (χ4n) is 1.52. The molecule has 0 heterocycles. The number of esters is 1. The van der Waals surface area contributed by atoms with Gasteiger partial charge < -0.3 is 15.2 Å². The molecule has 2 unspecified atom stereocenters. The van der Waals surface area contributed by atoms with Gasteiger partial charge in [-0.2, -0.15) is 0 Å². The van der Waals surface area contributed by atoms with E-state index in [9.17, 15) is 13.6 Å². The van der Waals surface area contributed by atoms with Gasteiger partial charge in [0.15, 0.2) is 6.10 Å². The highest BCUT2D eigenvalue weighted by molar-refractivity contribution is 5.76. The van der Waals surface area contributed by atoms with E-state index in [-0.39, 0.29) is 12.2 Å². The van der Waals surface area contributed by atoms with Crippen LogP contribution in [-0.2, 0) is 14.3 Å². The first-order chi connectivity index (χ1) is 9.11. The zero-order valence-corrected chi connectivity index (χ0v) is 11.2. The molecule has 2 atom stereocenters. The van der Waals surface area contributed by atoms with E-state index in [1.807, 2.05) is 0 Å². The smallest absolute Gasteiger partial charge is 0.337 e. The summed E-state index contributed by atoms with van der Waals surface area (Å²) in [6, 6.07) is 5.12. The van der Waals surface area contributed by atoms with Crippen molar-refractivity contribution in [3.8, 4) is 0 Å². The third-order valence-corrected chi connectivity index (χ3v) is 2.36. The van der Waals surface area contributed by atoms with Crippen LogP contribution in [0, 0.1) is 5.82 Å². The summed E-state index contributed by atoms with van der Waals surface area (Å²) in [4.78, 5) is 11.6. The van der Waals surface area contributed by atoms with Crippen molar-refractivity contribution >= 4 is 5.97 Å². The quantitative estimate of drug-likeness (QED) is 0.835. The summed E-state index contributed by atoms with van der Waals surface area (Å²) in [5.41, 5.74) is 6.05. The highest BCUT2D eigenvalue weighted by atomic mass is 19.1. The van der Waals surface area contributed by atoms with E-state index in [1.165, 1.54) is 19.2 Å². The molecule has 0 fully saturated rings. The van der Waals surface area contributed by atoms with Gasteiger partial charge in [-0.3, -0.25) is 4.39 Å². The monoisotopic (exact) mass is 275 g/mol. The Hall–Kier alpha value is -1.53. The van der Waals surface area contributed by atoms with E-state index in [0.717, 1.165) is 0 Å². The first-order valence-corrected chi connectivity index (χ1v) is 5.69. The van der Waals surface area contributed by atoms with Crippen LogP contribution in [0.2, 0.25) is 0 Å². The molecule has 19 heavy (non-hydrogen) atoms. The van der Waals surface area contributed by atoms with Gasteiger partial charge in [0.25, 0.3) is 0 Å². The van der Waals surface area contributed by atoms with Crippen LogP contribution < -0.4 is 5.73 Å². The molecule has 1 aromatic rings. The molecule has 0 bridgehead atoms. The second kappa shape index (κ2) is 9.41. The largest absolute Gasteiger partial charge is 0.464 e. The number of hydrogen-bond donors (Lipinski definition) is 1. The van der Waals surface area contributed by atoms with Crippen molar-refractivity contribution in [2.75, 3.05) is 20.9 Å². The number of methoxy groups -OCH3 is 1.